The van der Waals surface area contributed by atoms with E-state index in [9.17, 15) is 4.79 Å². The van der Waals surface area contributed by atoms with E-state index in [1.807, 2.05) is 29.2 Å². The highest BCUT2D eigenvalue weighted by molar-refractivity contribution is 5.76. The van der Waals surface area contributed by atoms with Crippen molar-refractivity contribution in [1.29, 1.82) is 0 Å². The fourth-order valence-electron chi connectivity index (χ4n) is 2.60. The van der Waals surface area contributed by atoms with E-state index in [1.165, 1.54) is 0 Å². The molecule has 0 aromatic heterocycles. The van der Waals surface area contributed by atoms with E-state index in [4.69, 9.17) is 10.5 Å². The molecule has 2 rings (SSSR count). The van der Waals surface area contributed by atoms with Crippen LogP contribution in [0.5, 0.6) is 0 Å². The number of nitrogen functional groups attached to an aromatic ring is 1. The molecule has 1 aliphatic rings. The summed E-state index contributed by atoms with van der Waals surface area (Å²) in [6.07, 6.45) is 3.65. The molecule has 4 heteroatoms. The molecule has 1 aliphatic heterocycles. The van der Waals surface area contributed by atoms with Crippen LogP contribution in [0.1, 0.15) is 38.2 Å². The number of rotatable bonds is 6. The third kappa shape index (κ3) is 4.23. The molecule has 0 saturated carbocycles. The lowest BCUT2D eigenvalue weighted by molar-refractivity contribution is -0.134. The van der Waals surface area contributed by atoms with Gasteiger partial charge < -0.3 is 15.4 Å². The Bertz CT molecular complexity index is 442. The lowest BCUT2D eigenvalue weighted by Crippen LogP contribution is -2.33. The lowest BCUT2D eigenvalue weighted by Gasteiger charge is -2.24. The fourth-order valence-corrected chi connectivity index (χ4v) is 2.60. The number of hydrogen-bond donors (Lipinski definition) is 1. The Labute approximate surface area is 120 Å². The Balaban J connectivity index is 1.96. The van der Waals surface area contributed by atoms with Crippen LogP contribution >= 0.6 is 0 Å². The molecule has 1 saturated heterocycles. The van der Waals surface area contributed by atoms with E-state index in [-0.39, 0.29) is 12.0 Å². The Morgan fingerprint density at radius 3 is 3.00 bits per heavy atom. The predicted octanol–water partition coefficient (Wildman–Crippen LogP) is 2.58. The van der Waals surface area contributed by atoms with Gasteiger partial charge in [-0.3, -0.25) is 4.79 Å². The van der Waals surface area contributed by atoms with Gasteiger partial charge in [0, 0.05) is 25.4 Å². The van der Waals surface area contributed by atoms with Gasteiger partial charge in [-0.1, -0.05) is 19.1 Å². The second-order valence-corrected chi connectivity index (χ2v) is 5.40. The summed E-state index contributed by atoms with van der Waals surface area (Å²) in [6, 6.07) is 7.74. The molecule has 1 unspecified atom stereocenters. The number of carbonyl (C=O) groups excluding carboxylic acids is 1. The predicted molar refractivity (Wildman–Crippen MR) is 80.2 cm³/mol. The number of nitrogens with zero attached hydrogens (tertiary/aromatic N) is 1. The number of benzene rings is 1. The fraction of sp³-hybridized carbons (Fsp3) is 0.562. The summed E-state index contributed by atoms with van der Waals surface area (Å²) >= 11 is 0. The molecular formula is C16H24N2O2. The summed E-state index contributed by atoms with van der Waals surface area (Å²) in [5.41, 5.74) is 7.62. The number of anilines is 1. The van der Waals surface area contributed by atoms with Crippen LogP contribution in [-0.2, 0) is 16.1 Å². The zero-order valence-corrected chi connectivity index (χ0v) is 12.2. The Morgan fingerprint density at radius 2 is 2.35 bits per heavy atom. The second-order valence-electron chi connectivity index (χ2n) is 5.40. The van der Waals surface area contributed by atoms with Crippen molar-refractivity contribution in [3.05, 3.63) is 29.8 Å². The summed E-state index contributed by atoms with van der Waals surface area (Å²) in [7, 11) is 0. The molecular weight excluding hydrogens is 252 g/mol. The lowest BCUT2D eigenvalue weighted by atomic mass is 10.1. The van der Waals surface area contributed by atoms with Gasteiger partial charge in [0.2, 0.25) is 5.91 Å². The van der Waals surface area contributed by atoms with E-state index in [0.717, 1.165) is 43.7 Å². The smallest absolute Gasteiger partial charge is 0.225 e. The molecule has 0 bridgehead atoms. The minimum Gasteiger partial charge on any atom is -0.399 e. The van der Waals surface area contributed by atoms with Crippen LogP contribution in [0.25, 0.3) is 0 Å². The Hall–Kier alpha value is -1.55. The van der Waals surface area contributed by atoms with E-state index < -0.39 is 0 Å². The van der Waals surface area contributed by atoms with Crippen molar-refractivity contribution < 1.29 is 9.53 Å². The molecule has 4 nitrogen and oxygen atoms in total. The van der Waals surface area contributed by atoms with Crippen molar-refractivity contribution in [2.45, 2.75) is 45.3 Å². The van der Waals surface area contributed by atoms with E-state index >= 15 is 0 Å². The molecule has 1 aromatic carbocycles. The van der Waals surface area contributed by atoms with Gasteiger partial charge in [0.05, 0.1) is 12.5 Å². The maximum absolute atomic E-state index is 12.4. The van der Waals surface area contributed by atoms with Gasteiger partial charge in [0.15, 0.2) is 0 Å². The van der Waals surface area contributed by atoms with Crippen LogP contribution in [0, 0.1) is 0 Å². The minimum atomic E-state index is 0.114. The van der Waals surface area contributed by atoms with Crippen molar-refractivity contribution in [2.75, 3.05) is 18.9 Å². The molecule has 1 amide bonds. The average Bonchev–Trinajstić information content (AvgIpc) is 2.91. The SMILES string of the molecule is CCCN(Cc1cccc(N)c1)C(=O)CC1CCCO1. The van der Waals surface area contributed by atoms with Gasteiger partial charge in [-0.2, -0.15) is 0 Å². The number of carbonyl (C=O) groups is 1. The first-order valence-corrected chi connectivity index (χ1v) is 7.43. The molecule has 1 atom stereocenters. The summed E-state index contributed by atoms with van der Waals surface area (Å²) in [5.74, 6) is 0.182. The first kappa shape index (κ1) is 14.9. The molecule has 0 spiro atoms. The van der Waals surface area contributed by atoms with Crippen LogP contribution in [0.3, 0.4) is 0 Å². The summed E-state index contributed by atoms with van der Waals surface area (Å²) in [5, 5.41) is 0. The molecule has 20 heavy (non-hydrogen) atoms. The third-order valence-corrected chi connectivity index (χ3v) is 3.60. The van der Waals surface area contributed by atoms with Gasteiger partial charge >= 0.3 is 0 Å². The highest BCUT2D eigenvalue weighted by atomic mass is 16.5. The highest BCUT2D eigenvalue weighted by Crippen LogP contribution is 2.18. The molecule has 1 aromatic rings. The van der Waals surface area contributed by atoms with Crippen LogP contribution in [0.15, 0.2) is 24.3 Å². The largest absolute Gasteiger partial charge is 0.399 e. The first-order valence-electron chi connectivity index (χ1n) is 7.43. The number of amides is 1. The second kappa shape index (κ2) is 7.29. The van der Waals surface area contributed by atoms with Crippen LogP contribution in [-0.4, -0.2) is 30.1 Å². The van der Waals surface area contributed by atoms with Gasteiger partial charge in [-0.25, -0.2) is 0 Å². The van der Waals surface area contributed by atoms with Crippen molar-refractivity contribution in [1.82, 2.24) is 4.90 Å². The van der Waals surface area contributed by atoms with Crippen LogP contribution < -0.4 is 5.73 Å². The van der Waals surface area contributed by atoms with E-state index in [0.29, 0.717) is 13.0 Å². The molecule has 0 aliphatic carbocycles. The molecule has 110 valence electrons. The summed E-state index contributed by atoms with van der Waals surface area (Å²) in [4.78, 5) is 14.3. The Morgan fingerprint density at radius 1 is 1.50 bits per heavy atom. The van der Waals surface area contributed by atoms with Gasteiger partial charge in [-0.05, 0) is 37.0 Å². The van der Waals surface area contributed by atoms with E-state index in [1.54, 1.807) is 0 Å². The van der Waals surface area contributed by atoms with Crippen LogP contribution in [0.4, 0.5) is 5.69 Å². The van der Waals surface area contributed by atoms with Crippen molar-refractivity contribution in [3.8, 4) is 0 Å². The monoisotopic (exact) mass is 276 g/mol. The Kier molecular flexibility index (Phi) is 5.41. The van der Waals surface area contributed by atoms with Gasteiger partial charge in [-0.15, -0.1) is 0 Å². The normalized spacial score (nSPS) is 18.1. The molecule has 1 fully saturated rings. The van der Waals surface area contributed by atoms with Gasteiger partial charge in [0.1, 0.15) is 0 Å². The summed E-state index contributed by atoms with van der Waals surface area (Å²) in [6.45, 7) is 4.29. The number of hydrogen-bond acceptors (Lipinski definition) is 3. The quantitative estimate of drug-likeness (QED) is 0.812. The van der Waals surface area contributed by atoms with Crippen LogP contribution in [0.2, 0.25) is 0 Å². The van der Waals surface area contributed by atoms with Gasteiger partial charge in [0.25, 0.3) is 0 Å². The first-order chi connectivity index (χ1) is 9.69. The van der Waals surface area contributed by atoms with Crippen molar-refractivity contribution in [3.63, 3.8) is 0 Å². The standard InChI is InChI=1S/C16H24N2O2/c1-2-8-18(12-13-5-3-6-14(17)10-13)16(19)11-15-7-4-9-20-15/h3,5-6,10,15H,2,4,7-9,11-12,17H2,1H3. The summed E-state index contributed by atoms with van der Waals surface area (Å²) < 4.78 is 5.55. The zero-order valence-electron chi connectivity index (χ0n) is 12.2. The minimum absolute atomic E-state index is 0.114. The molecule has 1 heterocycles. The highest BCUT2D eigenvalue weighted by Gasteiger charge is 2.22. The molecule has 2 N–H and O–H groups in total. The molecule has 0 radical (unpaired) electrons. The number of ether oxygens (including phenoxy) is 1. The maximum Gasteiger partial charge on any atom is 0.225 e. The topological polar surface area (TPSA) is 55.6 Å². The van der Waals surface area contributed by atoms with E-state index in [2.05, 4.69) is 6.92 Å². The number of nitrogens with two attached hydrogens (primary N) is 1. The van der Waals surface area contributed by atoms with Crippen molar-refractivity contribution in [2.24, 2.45) is 0 Å². The maximum atomic E-state index is 12.4. The van der Waals surface area contributed by atoms with Crippen molar-refractivity contribution >= 4 is 11.6 Å². The average molecular weight is 276 g/mol. The third-order valence-electron chi connectivity index (χ3n) is 3.60. The zero-order chi connectivity index (χ0) is 14.4.